The summed E-state index contributed by atoms with van der Waals surface area (Å²) in [6.07, 6.45) is 6.36. The summed E-state index contributed by atoms with van der Waals surface area (Å²) < 4.78 is 5.85. The highest BCUT2D eigenvalue weighted by molar-refractivity contribution is 6.32. The lowest BCUT2D eigenvalue weighted by molar-refractivity contribution is 0.206. The van der Waals surface area contributed by atoms with Gasteiger partial charge in [-0.1, -0.05) is 43.9 Å². The van der Waals surface area contributed by atoms with Gasteiger partial charge in [-0.3, -0.25) is 0 Å². The Kier molecular flexibility index (Phi) is 7.14. The maximum atomic E-state index is 6.16. The van der Waals surface area contributed by atoms with E-state index in [2.05, 4.69) is 13.8 Å². The summed E-state index contributed by atoms with van der Waals surface area (Å²) >= 11 is 6.16. The molecule has 0 heterocycles. The van der Waals surface area contributed by atoms with Crippen LogP contribution in [0, 0.1) is 0 Å². The Morgan fingerprint density at radius 2 is 2.06 bits per heavy atom. The second kappa shape index (κ2) is 8.39. The van der Waals surface area contributed by atoms with E-state index in [4.69, 9.17) is 22.1 Å². The minimum Gasteiger partial charge on any atom is -0.489 e. The zero-order valence-electron chi connectivity index (χ0n) is 11.4. The molecule has 0 saturated heterocycles. The lowest BCUT2D eigenvalue weighted by atomic mass is 10.1. The predicted octanol–water partition coefficient (Wildman–Crippen LogP) is 4.54. The summed E-state index contributed by atoms with van der Waals surface area (Å²) in [5.41, 5.74) is 6.60. The molecule has 1 atom stereocenters. The van der Waals surface area contributed by atoms with E-state index in [0.29, 0.717) is 11.6 Å². The molecule has 0 bridgehead atoms. The van der Waals surface area contributed by atoms with Crippen molar-refractivity contribution in [2.75, 3.05) is 0 Å². The molecule has 0 aliphatic carbocycles. The third-order valence-electron chi connectivity index (χ3n) is 3.02. The van der Waals surface area contributed by atoms with E-state index < -0.39 is 0 Å². The molecule has 0 aliphatic heterocycles. The molecule has 1 aromatic carbocycles. The molecule has 0 spiro atoms. The Morgan fingerprint density at radius 1 is 1.28 bits per heavy atom. The van der Waals surface area contributed by atoms with Gasteiger partial charge >= 0.3 is 0 Å². The molecule has 18 heavy (non-hydrogen) atoms. The third kappa shape index (κ3) is 5.28. The molecule has 2 nitrogen and oxygen atoms in total. The SMILES string of the molecule is CCCCCCC(C)Oc1ccc(CN)cc1Cl. The monoisotopic (exact) mass is 269 g/mol. The Labute approximate surface area is 115 Å². The maximum Gasteiger partial charge on any atom is 0.138 e. The van der Waals surface area contributed by atoms with Crippen LogP contribution in [0.2, 0.25) is 5.02 Å². The molecule has 0 aromatic heterocycles. The van der Waals surface area contributed by atoms with Gasteiger partial charge in [0.2, 0.25) is 0 Å². The Bertz CT molecular complexity index is 354. The minimum atomic E-state index is 0.211. The first-order valence-electron chi connectivity index (χ1n) is 6.82. The standard InChI is InChI=1S/C15H24ClNO/c1-3-4-5-6-7-12(2)18-15-9-8-13(11-17)10-14(15)16/h8-10,12H,3-7,11,17H2,1-2H3. The van der Waals surface area contributed by atoms with Crippen molar-refractivity contribution in [3.05, 3.63) is 28.8 Å². The number of ether oxygens (including phenoxy) is 1. The summed E-state index contributed by atoms with van der Waals surface area (Å²) in [6.45, 7) is 4.82. The molecule has 102 valence electrons. The van der Waals surface area contributed by atoms with Gasteiger partial charge in [0.05, 0.1) is 11.1 Å². The van der Waals surface area contributed by atoms with Crippen LogP contribution >= 0.6 is 11.6 Å². The smallest absolute Gasteiger partial charge is 0.138 e. The Balaban J connectivity index is 2.41. The summed E-state index contributed by atoms with van der Waals surface area (Å²) in [6, 6.07) is 5.75. The van der Waals surface area contributed by atoms with E-state index in [9.17, 15) is 0 Å². The number of benzene rings is 1. The van der Waals surface area contributed by atoms with Gasteiger partial charge in [-0.25, -0.2) is 0 Å². The van der Waals surface area contributed by atoms with Crippen LogP contribution in [0.5, 0.6) is 5.75 Å². The zero-order chi connectivity index (χ0) is 13.4. The third-order valence-corrected chi connectivity index (χ3v) is 3.32. The van der Waals surface area contributed by atoms with Crippen LogP contribution in [0.25, 0.3) is 0 Å². The van der Waals surface area contributed by atoms with Gasteiger partial charge in [-0.05, 0) is 37.5 Å². The van der Waals surface area contributed by atoms with Crippen molar-refractivity contribution >= 4 is 11.6 Å². The molecular weight excluding hydrogens is 246 g/mol. The van der Waals surface area contributed by atoms with E-state index in [1.807, 2.05) is 18.2 Å². The molecule has 0 fully saturated rings. The molecule has 1 unspecified atom stereocenters. The van der Waals surface area contributed by atoms with Gasteiger partial charge < -0.3 is 10.5 Å². The average molecular weight is 270 g/mol. The summed E-state index contributed by atoms with van der Waals surface area (Å²) in [5.74, 6) is 0.761. The number of nitrogens with two attached hydrogens (primary N) is 1. The fraction of sp³-hybridized carbons (Fsp3) is 0.600. The molecule has 3 heteroatoms. The van der Waals surface area contributed by atoms with Crippen molar-refractivity contribution in [1.82, 2.24) is 0 Å². The molecule has 0 amide bonds. The van der Waals surface area contributed by atoms with Crippen LogP contribution in [-0.4, -0.2) is 6.10 Å². The van der Waals surface area contributed by atoms with Crippen molar-refractivity contribution in [1.29, 1.82) is 0 Å². The summed E-state index contributed by atoms with van der Waals surface area (Å²) in [7, 11) is 0. The van der Waals surface area contributed by atoms with E-state index >= 15 is 0 Å². The van der Waals surface area contributed by atoms with Crippen molar-refractivity contribution in [2.45, 2.75) is 58.6 Å². The Morgan fingerprint density at radius 3 is 2.67 bits per heavy atom. The fourth-order valence-corrected chi connectivity index (χ4v) is 2.15. The summed E-state index contributed by atoms with van der Waals surface area (Å²) in [4.78, 5) is 0. The van der Waals surface area contributed by atoms with E-state index in [-0.39, 0.29) is 6.10 Å². The zero-order valence-corrected chi connectivity index (χ0v) is 12.2. The average Bonchev–Trinajstić information content (AvgIpc) is 2.37. The first-order chi connectivity index (χ1) is 8.67. The highest BCUT2D eigenvalue weighted by Gasteiger charge is 2.07. The number of unbranched alkanes of at least 4 members (excludes halogenated alkanes) is 3. The van der Waals surface area contributed by atoms with Gasteiger partial charge in [0.15, 0.2) is 0 Å². The first-order valence-corrected chi connectivity index (χ1v) is 7.20. The largest absolute Gasteiger partial charge is 0.489 e. The lowest BCUT2D eigenvalue weighted by Crippen LogP contribution is -2.12. The van der Waals surface area contributed by atoms with Crippen molar-refractivity contribution in [2.24, 2.45) is 5.73 Å². The second-order valence-corrected chi connectivity index (χ2v) is 5.15. The predicted molar refractivity (Wildman–Crippen MR) is 78.2 cm³/mol. The molecule has 2 N–H and O–H groups in total. The number of hydrogen-bond donors (Lipinski definition) is 1. The molecular formula is C15H24ClNO. The van der Waals surface area contributed by atoms with Crippen LogP contribution in [0.4, 0.5) is 0 Å². The lowest BCUT2D eigenvalue weighted by Gasteiger charge is -2.16. The van der Waals surface area contributed by atoms with Crippen molar-refractivity contribution in [3.8, 4) is 5.75 Å². The molecule has 1 aromatic rings. The van der Waals surface area contributed by atoms with Crippen LogP contribution in [0.15, 0.2) is 18.2 Å². The van der Waals surface area contributed by atoms with Crippen LogP contribution in [0.1, 0.15) is 51.5 Å². The number of hydrogen-bond acceptors (Lipinski definition) is 2. The van der Waals surface area contributed by atoms with Gasteiger partial charge in [0.1, 0.15) is 5.75 Å². The van der Waals surface area contributed by atoms with E-state index in [0.717, 1.165) is 17.7 Å². The normalized spacial score (nSPS) is 12.4. The topological polar surface area (TPSA) is 35.2 Å². The van der Waals surface area contributed by atoms with Gasteiger partial charge in [-0.15, -0.1) is 0 Å². The molecule has 0 aliphatic rings. The first kappa shape index (κ1) is 15.3. The van der Waals surface area contributed by atoms with Crippen LogP contribution in [-0.2, 0) is 6.54 Å². The van der Waals surface area contributed by atoms with Crippen molar-refractivity contribution in [3.63, 3.8) is 0 Å². The van der Waals surface area contributed by atoms with Gasteiger partial charge in [0.25, 0.3) is 0 Å². The number of rotatable bonds is 8. The van der Waals surface area contributed by atoms with E-state index in [1.165, 1.54) is 25.7 Å². The van der Waals surface area contributed by atoms with Crippen LogP contribution < -0.4 is 10.5 Å². The van der Waals surface area contributed by atoms with Crippen LogP contribution in [0.3, 0.4) is 0 Å². The quantitative estimate of drug-likeness (QED) is 0.704. The highest BCUT2D eigenvalue weighted by Crippen LogP contribution is 2.27. The van der Waals surface area contributed by atoms with Gasteiger partial charge in [0, 0.05) is 6.54 Å². The van der Waals surface area contributed by atoms with E-state index in [1.54, 1.807) is 0 Å². The molecule has 1 rings (SSSR count). The maximum absolute atomic E-state index is 6.16. The minimum absolute atomic E-state index is 0.211. The highest BCUT2D eigenvalue weighted by atomic mass is 35.5. The summed E-state index contributed by atoms with van der Waals surface area (Å²) in [5, 5.41) is 0.651. The molecule has 0 radical (unpaired) electrons. The number of halogens is 1. The Hall–Kier alpha value is -0.730. The fourth-order valence-electron chi connectivity index (χ4n) is 1.90. The second-order valence-electron chi connectivity index (χ2n) is 4.75. The molecule has 0 saturated carbocycles. The van der Waals surface area contributed by atoms with Crippen molar-refractivity contribution < 1.29 is 4.74 Å². The van der Waals surface area contributed by atoms with Gasteiger partial charge in [-0.2, -0.15) is 0 Å².